The van der Waals surface area contributed by atoms with Gasteiger partial charge in [-0.2, -0.15) is 0 Å². The number of ether oxygens (including phenoxy) is 1. The van der Waals surface area contributed by atoms with Crippen molar-refractivity contribution in [2.24, 2.45) is 5.92 Å². The van der Waals surface area contributed by atoms with Crippen molar-refractivity contribution in [1.82, 2.24) is 10.6 Å². The van der Waals surface area contributed by atoms with E-state index in [1.54, 1.807) is 7.11 Å². The van der Waals surface area contributed by atoms with Gasteiger partial charge in [-0.3, -0.25) is 0 Å². The second kappa shape index (κ2) is 4.70. The Morgan fingerprint density at radius 3 is 2.82 bits per heavy atom. The second-order valence-electron chi connectivity index (χ2n) is 3.23. The molecule has 0 aromatic carbocycles. The molecule has 1 saturated heterocycles. The first-order valence-corrected chi connectivity index (χ1v) is 4.27. The van der Waals surface area contributed by atoms with Crippen molar-refractivity contribution in [2.45, 2.75) is 13.0 Å². The summed E-state index contributed by atoms with van der Waals surface area (Å²) >= 11 is 0. The van der Waals surface area contributed by atoms with Gasteiger partial charge < -0.3 is 15.4 Å². The molecule has 11 heavy (non-hydrogen) atoms. The molecule has 66 valence electrons. The van der Waals surface area contributed by atoms with Crippen LogP contribution in [0.3, 0.4) is 0 Å². The monoisotopic (exact) mass is 158 g/mol. The Hall–Kier alpha value is -0.120. The van der Waals surface area contributed by atoms with Gasteiger partial charge in [0.05, 0.1) is 6.10 Å². The summed E-state index contributed by atoms with van der Waals surface area (Å²) in [6.07, 6.45) is 0.336. The van der Waals surface area contributed by atoms with E-state index < -0.39 is 0 Å². The summed E-state index contributed by atoms with van der Waals surface area (Å²) in [5, 5.41) is 6.62. The number of hydrogen-bond acceptors (Lipinski definition) is 3. The predicted octanol–water partition coefficient (Wildman–Crippen LogP) is -0.170. The zero-order chi connectivity index (χ0) is 8.10. The highest BCUT2D eigenvalue weighted by molar-refractivity contribution is 4.76. The fraction of sp³-hybridized carbons (Fsp3) is 1.00. The SMILES string of the molecule is COC(C)CNCC1CNC1. The lowest BCUT2D eigenvalue weighted by Crippen LogP contribution is -2.48. The summed E-state index contributed by atoms with van der Waals surface area (Å²) in [6, 6.07) is 0. The average molecular weight is 158 g/mol. The van der Waals surface area contributed by atoms with Gasteiger partial charge in [0.2, 0.25) is 0 Å². The molecule has 0 aromatic rings. The van der Waals surface area contributed by atoms with Gasteiger partial charge in [-0.15, -0.1) is 0 Å². The quantitative estimate of drug-likeness (QED) is 0.583. The molecule has 1 fully saturated rings. The number of hydrogen-bond donors (Lipinski definition) is 2. The Morgan fingerprint density at radius 2 is 2.36 bits per heavy atom. The van der Waals surface area contributed by atoms with E-state index in [9.17, 15) is 0 Å². The molecule has 0 aliphatic carbocycles. The van der Waals surface area contributed by atoms with Crippen molar-refractivity contribution in [3.8, 4) is 0 Å². The number of methoxy groups -OCH3 is 1. The van der Waals surface area contributed by atoms with Crippen LogP contribution in [0.4, 0.5) is 0 Å². The van der Waals surface area contributed by atoms with Gasteiger partial charge in [0.1, 0.15) is 0 Å². The van der Waals surface area contributed by atoms with Crippen LogP contribution >= 0.6 is 0 Å². The van der Waals surface area contributed by atoms with E-state index in [0.29, 0.717) is 6.10 Å². The van der Waals surface area contributed by atoms with Gasteiger partial charge in [0.25, 0.3) is 0 Å². The Kier molecular flexibility index (Phi) is 3.83. The van der Waals surface area contributed by atoms with Gasteiger partial charge in [0.15, 0.2) is 0 Å². The molecule has 1 heterocycles. The Labute approximate surface area is 68.5 Å². The highest BCUT2D eigenvalue weighted by atomic mass is 16.5. The topological polar surface area (TPSA) is 33.3 Å². The van der Waals surface area contributed by atoms with Gasteiger partial charge in [0, 0.05) is 33.3 Å². The lowest BCUT2D eigenvalue weighted by atomic mass is 10.0. The van der Waals surface area contributed by atoms with Crippen molar-refractivity contribution < 1.29 is 4.74 Å². The van der Waals surface area contributed by atoms with Crippen molar-refractivity contribution in [3.63, 3.8) is 0 Å². The van der Waals surface area contributed by atoms with Crippen LogP contribution < -0.4 is 10.6 Å². The molecule has 1 rings (SSSR count). The Balaban J connectivity index is 1.86. The summed E-state index contributed by atoms with van der Waals surface area (Å²) in [5.41, 5.74) is 0. The van der Waals surface area contributed by atoms with Crippen LogP contribution in [-0.4, -0.2) is 39.4 Å². The van der Waals surface area contributed by atoms with Gasteiger partial charge >= 0.3 is 0 Å². The average Bonchev–Trinajstić information content (AvgIpc) is 1.94. The molecule has 0 spiro atoms. The predicted molar refractivity (Wildman–Crippen MR) is 45.7 cm³/mol. The molecule has 0 amide bonds. The van der Waals surface area contributed by atoms with E-state index in [2.05, 4.69) is 17.6 Å². The molecule has 3 heteroatoms. The normalized spacial score (nSPS) is 21.3. The summed E-state index contributed by atoms with van der Waals surface area (Å²) < 4.78 is 5.11. The molecule has 0 saturated carbocycles. The summed E-state index contributed by atoms with van der Waals surface area (Å²) in [5.74, 6) is 0.846. The fourth-order valence-electron chi connectivity index (χ4n) is 1.07. The molecular weight excluding hydrogens is 140 g/mol. The second-order valence-corrected chi connectivity index (χ2v) is 3.23. The molecule has 1 aliphatic heterocycles. The van der Waals surface area contributed by atoms with Crippen molar-refractivity contribution in [1.29, 1.82) is 0 Å². The summed E-state index contributed by atoms with van der Waals surface area (Å²) in [4.78, 5) is 0. The fourth-order valence-corrected chi connectivity index (χ4v) is 1.07. The molecule has 0 radical (unpaired) electrons. The van der Waals surface area contributed by atoms with Gasteiger partial charge in [-0.05, 0) is 12.8 Å². The van der Waals surface area contributed by atoms with E-state index >= 15 is 0 Å². The highest BCUT2D eigenvalue weighted by Gasteiger charge is 2.15. The van der Waals surface area contributed by atoms with Crippen LogP contribution in [0.15, 0.2) is 0 Å². The van der Waals surface area contributed by atoms with E-state index in [-0.39, 0.29) is 0 Å². The van der Waals surface area contributed by atoms with Crippen LogP contribution in [0, 0.1) is 5.92 Å². The van der Waals surface area contributed by atoms with Crippen molar-refractivity contribution >= 4 is 0 Å². The van der Waals surface area contributed by atoms with Crippen LogP contribution in [0.25, 0.3) is 0 Å². The van der Waals surface area contributed by atoms with Crippen LogP contribution in [0.2, 0.25) is 0 Å². The molecule has 1 atom stereocenters. The molecule has 1 aliphatic rings. The number of nitrogens with one attached hydrogen (secondary N) is 2. The number of rotatable bonds is 5. The molecule has 0 bridgehead atoms. The molecular formula is C8H18N2O. The van der Waals surface area contributed by atoms with Crippen molar-refractivity contribution in [2.75, 3.05) is 33.3 Å². The third kappa shape index (κ3) is 3.18. The van der Waals surface area contributed by atoms with Gasteiger partial charge in [-0.1, -0.05) is 0 Å². The lowest BCUT2D eigenvalue weighted by Gasteiger charge is -2.27. The lowest BCUT2D eigenvalue weighted by molar-refractivity contribution is 0.115. The Bertz CT molecular complexity index is 99.5. The van der Waals surface area contributed by atoms with E-state index in [0.717, 1.165) is 19.0 Å². The van der Waals surface area contributed by atoms with E-state index in [1.807, 2.05) is 0 Å². The minimum absolute atomic E-state index is 0.336. The molecule has 1 unspecified atom stereocenters. The minimum atomic E-state index is 0.336. The summed E-state index contributed by atoms with van der Waals surface area (Å²) in [6.45, 7) is 6.52. The molecule has 2 N–H and O–H groups in total. The van der Waals surface area contributed by atoms with Crippen LogP contribution in [0.1, 0.15) is 6.92 Å². The zero-order valence-corrected chi connectivity index (χ0v) is 7.39. The van der Waals surface area contributed by atoms with Crippen LogP contribution in [0.5, 0.6) is 0 Å². The standard InChI is InChI=1S/C8H18N2O/c1-7(11-2)3-9-4-8-5-10-6-8/h7-10H,3-6H2,1-2H3. The first-order valence-electron chi connectivity index (χ1n) is 4.27. The third-order valence-corrected chi connectivity index (χ3v) is 2.13. The van der Waals surface area contributed by atoms with Crippen molar-refractivity contribution in [3.05, 3.63) is 0 Å². The third-order valence-electron chi connectivity index (χ3n) is 2.13. The minimum Gasteiger partial charge on any atom is -0.380 e. The van der Waals surface area contributed by atoms with Crippen LogP contribution in [-0.2, 0) is 4.74 Å². The largest absolute Gasteiger partial charge is 0.380 e. The maximum Gasteiger partial charge on any atom is 0.0667 e. The van der Waals surface area contributed by atoms with Gasteiger partial charge in [-0.25, -0.2) is 0 Å². The highest BCUT2D eigenvalue weighted by Crippen LogP contribution is 1.99. The zero-order valence-electron chi connectivity index (χ0n) is 7.39. The first kappa shape index (κ1) is 8.97. The molecule has 3 nitrogen and oxygen atoms in total. The maximum absolute atomic E-state index is 5.11. The smallest absolute Gasteiger partial charge is 0.0667 e. The first-order chi connectivity index (χ1) is 5.33. The van der Waals surface area contributed by atoms with E-state index in [4.69, 9.17) is 4.74 Å². The summed E-state index contributed by atoms with van der Waals surface area (Å²) in [7, 11) is 1.75. The maximum atomic E-state index is 5.11. The Morgan fingerprint density at radius 1 is 1.64 bits per heavy atom. The molecule has 0 aromatic heterocycles. The van der Waals surface area contributed by atoms with E-state index in [1.165, 1.54) is 13.1 Å².